The summed E-state index contributed by atoms with van der Waals surface area (Å²) in [7, 11) is 0. The summed E-state index contributed by atoms with van der Waals surface area (Å²) in [6.07, 6.45) is 0. The zero-order valence-electron chi connectivity index (χ0n) is 19.1. The number of rotatable bonds is 5. The molecule has 0 spiro atoms. The van der Waals surface area contributed by atoms with Crippen molar-refractivity contribution in [1.82, 2.24) is 4.90 Å². The molecule has 0 aromatic heterocycles. The fourth-order valence-corrected chi connectivity index (χ4v) is 5.89. The second-order valence-electron chi connectivity index (χ2n) is 8.30. The number of carbonyl (C=O) groups is 3. The van der Waals surface area contributed by atoms with E-state index in [1.165, 1.54) is 4.90 Å². The van der Waals surface area contributed by atoms with Crippen LogP contribution in [-0.2, 0) is 14.4 Å². The monoisotopic (exact) mass is 533 g/mol. The molecule has 2 aliphatic heterocycles. The quantitative estimate of drug-likeness (QED) is 0.338. The number of nitrogens with zero attached hydrogens (tertiary/aromatic N) is 2. The summed E-state index contributed by atoms with van der Waals surface area (Å²) in [6, 6.07) is 23.2. The Morgan fingerprint density at radius 1 is 0.972 bits per heavy atom. The van der Waals surface area contributed by atoms with Gasteiger partial charge in [-0.15, -0.1) is 0 Å². The Morgan fingerprint density at radius 2 is 1.64 bits per heavy atom. The first-order chi connectivity index (χ1) is 17.3. The average molecular weight is 534 g/mol. The molecule has 0 bridgehead atoms. The van der Waals surface area contributed by atoms with E-state index in [4.69, 9.17) is 23.8 Å². The number of halogens is 1. The highest BCUT2D eigenvalue weighted by atomic mass is 35.5. The van der Waals surface area contributed by atoms with Gasteiger partial charge in [0.05, 0.1) is 22.2 Å². The largest absolute Gasteiger partial charge is 0.325 e. The van der Waals surface area contributed by atoms with Gasteiger partial charge in [-0.1, -0.05) is 84.1 Å². The lowest BCUT2D eigenvalue weighted by molar-refractivity contribution is -0.123. The van der Waals surface area contributed by atoms with Crippen LogP contribution in [0.5, 0.6) is 0 Å². The van der Waals surface area contributed by atoms with Crippen LogP contribution in [0.1, 0.15) is 24.1 Å². The SMILES string of the molecule is CC(c1ccccc1)N1C(=O)C(=C2C(=O)N(CC(=O)Nc3ccc(Cl)cc3)c3ccccc32)SC1=S. The van der Waals surface area contributed by atoms with E-state index in [0.29, 0.717) is 26.3 Å². The molecular formula is C27H20ClN3O3S2. The van der Waals surface area contributed by atoms with Crippen LogP contribution in [0.15, 0.2) is 83.8 Å². The number of benzene rings is 3. The van der Waals surface area contributed by atoms with Crippen LogP contribution in [0.25, 0.3) is 5.57 Å². The lowest BCUT2D eigenvalue weighted by Crippen LogP contribution is -2.35. The molecule has 36 heavy (non-hydrogen) atoms. The molecule has 1 unspecified atom stereocenters. The van der Waals surface area contributed by atoms with E-state index < -0.39 is 5.91 Å². The smallest absolute Gasteiger partial charge is 0.267 e. The van der Waals surface area contributed by atoms with Gasteiger partial charge < -0.3 is 5.32 Å². The minimum absolute atomic E-state index is 0.206. The highest BCUT2D eigenvalue weighted by Crippen LogP contribution is 2.46. The summed E-state index contributed by atoms with van der Waals surface area (Å²) in [5.41, 5.74) is 2.96. The van der Waals surface area contributed by atoms with Gasteiger partial charge in [0.15, 0.2) is 0 Å². The summed E-state index contributed by atoms with van der Waals surface area (Å²) < 4.78 is 0.392. The van der Waals surface area contributed by atoms with Crippen molar-refractivity contribution in [2.75, 3.05) is 16.8 Å². The van der Waals surface area contributed by atoms with E-state index in [1.807, 2.05) is 37.3 Å². The fraction of sp³-hybridized carbons (Fsp3) is 0.111. The van der Waals surface area contributed by atoms with Gasteiger partial charge in [0.1, 0.15) is 10.9 Å². The molecule has 180 valence electrons. The summed E-state index contributed by atoms with van der Waals surface area (Å²) in [5, 5.41) is 3.33. The predicted molar refractivity (Wildman–Crippen MR) is 148 cm³/mol. The van der Waals surface area contributed by atoms with E-state index in [1.54, 1.807) is 53.4 Å². The molecular weight excluding hydrogens is 514 g/mol. The Bertz CT molecular complexity index is 1420. The number of para-hydroxylation sites is 1. The number of thioether (sulfide) groups is 1. The topological polar surface area (TPSA) is 69.7 Å². The van der Waals surface area contributed by atoms with Crippen molar-refractivity contribution in [3.05, 3.63) is 99.9 Å². The van der Waals surface area contributed by atoms with Gasteiger partial charge in [-0.3, -0.25) is 24.2 Å². The lowest BCUT2D eigenvalue weighted by atomic mass is 10.1. The molecule has 1 saturated heterocycles. The van der Waals surface area contributed by atoms with Crippen molar-refractivity contribution in [3.63, 3.8) is 0 Å². The van der Waals surface area contributed by atoms with Crippen LogP contribution in [0.3, 0.4) is 0 Å². The van der Waals surface area contributed by atoms with Gasteiger partial charge >= 0.3 is 0 Å². The van der Waals surface area contributed by atoms with Crippen LogP contribution in [0, 0.1) is 0 Å². The highest BCUT2D eigenvalue weighted by molar-refractivity contribution is 8.26. The van der Waals surface area contributed by atoms with Crippen molar-refractivity contribution in [3.8, 4) is 0 Å². The number of nitrogens with one attached hydrogen (secondary N) is 1. The normalized spacial score (nSPS) is 18.0. The number of anilines is 2. The maximum Gasteiger partial charge on any atom is 0.267 e. The molecule has 1 atom stereocenters. The minimum atomic E-state index is -0.407. The Labute approximate surface area is 222 Å². The summed E-state index contributed by atoms with van der Waals surface area (Å²) in [5.74, 6) is -1.09. The molecule has 2 aliphatic rings. The van der Waals surface area contributed by atoms with E-state index in [9.17, 15) is 14.4 Å². The average Bonchev–Trinajstić information content (AvgIpc) is 3.32. The molecule has 3 aromatic rings. The first-order valence-electron chi connectivity index (χ1n) is 11.2. The number of amides is 3. The van der Waals surface area contributed by atoms with Crippen molar-refractivity contribution < 1.29 is 14.4 Å². The number of hydrogen-bond donors (Lipinski definition) is 1. The zero-order chi connectivity index (χ0) is 25.4. The van der Waals surface area contributed by atoms with Crippen molar-refractivity contribution in [1.29, 1.82) is 0 Å². The van der Waals surface area contributed by atoms with E-state index in [2.05, 4.69) is 5.32 Å². The Kier molecular flexibility index (Phi) is 6.66. The fourth-order valence-electron chi connectivity index (χ4n) is 4.28. The van der Waals surface area contributed by atoms with Crippen LogP contribution in [0.2, 0.25) is 5.02 Å². The number of carbonyl (C=O) groups excluding carboxylic acids is 3. The lowest BCUT2D eigenvalue weighted by Gasteiger charge is -2.23. The molecule has 1 N–H and O–H groups in total. The third kappa shape index (κ3) is 4.43. The number of fused-ring (bicyclic) bond motifs is 1. The molecule has 9 heteroatoms. The molecule has 3 aromatic carbocycles. The van der Waals surface area contributed by atoms with Crippen LogP contribution in [-0.4, -0.2) is 33.5 Å². The maximum atomic E-state index is 13.6. The molecule has 0 saturated carbocycles. The zero-order valence-corrected chi connectivity index (χ0v) is 21.5. The van der Waals surface area contributed by atoms with Gasteiger partial charge in [-0.05, 0) is 42.8 Å². The minimum Gasteiger partial charge on any atom is -0.325 e. The van der Waals surface area contributed by atoms with Crippen molar-refractivity contribution in [2.24, 2.45) is 0 Å². The van der Waals surface area contributed by atoms with Crippen molar-refractivity contribution in [2.45, 2.75) is 13.0 Å². The molecule has 6 nitrogen and oxygen atoms in total. The van der Waals surface area contributed by atoms with Gasteiger partial charge in [-0.25, -0.2) is 0 Å². The predicted octanol–water partition coefficient (Wildman–Crippen LogP) is 5.66. The third-order valence-electron chi connectivity index (χ3n) is 6.05. The molecule has 5 rings (SSSR count). The summed E-state index contributed by atoms with van der Waals surface area (Å²) >= 11 is 12.6. The van der Waals surface area contributed by atoms with E-state index in [0.717, 1.165) is 17.3 Å². The van der Waals surface area contributed by atoms with Crippen LogP contribution < -0.4 is 10.2 Å². The maximum absolute atomic E-state index is 13.6. The Morgan fingerprint density at radius 3 is 2.36 bits per heavy atom. The van der Waals surface area contributed by atoms with Crippen LogP contribution in [0.4, 0.5) is 11.4 Å². The number of hydrogen-bond acceptors (Lipinski definition) is 5. The second kappa shape index (κ2) is 9.89. The first kappa shape index (κ1) is 24.2. The standard InChI is InChI=1S/C27H20ClN3O3S2/c1-16(17-7-3-2-4-8-17)31-26(34)24(36-27(31)35)23-20-9-5-6-10-21(20)30(25(23)33)15-22(32)29-19-13-11-18(28)12-14-19/h2-14,16H,15H2,1H3,(H,29,32). The summed E-state index contributed by atoms with van der Waals surface area (Å²) in [4.78, 5) is 43.2. The molecule has 0 aliphatic carbocycles. The van der Waals surface area contributed by atoms with Gasteiger partial charge in [0, 0.05) is 16.3 Å². The van der Waals surface area contributed by atoms with Gasteiger partial charge in [0.2, 0.25) is 5.91 Å². The van der Waals surface area contributed by atoms with E-state index in [-0.39, 0.29) is 34.9 Å². The molecule has 2 heterocycles. The molecule has 1 fully saturated rings. The Balaban J connectivity index is 1.45. The van der Waals surface area contributed by atoms with Gasteiger partial charge in [0.25, 0.3) is 11.8 Å². The van der Waals surface area contributed by atoms with Gasteiger partial charge in [-0.2, -0.15) is 0 Å². The summed E-state index contributed by atoms with van der Waals surface area (Å²) in [6.45, 7) is 1.70. The van der Waals surface area contributed by atoms with Crippen molar-refractivity contribution >= 4 is 74.6 Å². The highest BCUT2D eigenvalue weighted by Gasteiger charge is 2.43. The molecule has 0 radical (unpaired) electrons. The molecule has 3 amide bonds. The Hall–Kier alpha value is -3.46. The third-order valence-corrected chi connectivity index (χ3v) is 7.70. The van der Waals surface area contributed by atoms with Crippen LogP contribution >= 0.6 is 35.6 Å². The number of thiocarbonyl (C=S) groups is 1. The second-order valence-corrected chi connectivity index (χ2v) is 10.4. The first-order valence-corrected chi connectivity index (χ1v) is 12.8. The van der Waals surface area contributed by atoms with E-state index >= 15 is 0 Å².